The van der Waals surface area contributed by atoms with Crippen molar-refractivity contribution in [3.8, 4) is 0 Å². The van der Waals surface area contributed by atoms with Crippen molar-refractivity contribution in [3.63, 3.8) is 0 Å². The second-order valence-corrected chi connectivity index (χ2v) is 10.9. The van der Waals surface area contributed by atoms with E-state index in [0.717, 1.165) is 25.7 Å². The van der Waals surface area contributed by atoms with Crippen molar-refractivity contribution >= 4 is 0 Å². The minimum Gasteiger partial charge on any atom is -0.313 e. The minimum atomic E-state index is -0.0683. The van der Waals surface area contributed by atoms with Crippen LogP contribution in [0.25, 0.3) is 0 Å². The number of hydroxylamine groups is 4. The summed E-state index contributed by atoms with van der Waals surface area (Å²) < 4.78 is 0. The molecule has 0 amide bonds. The van der Waals surface area contributed by atoms with Crippen LogP contribution in [0.4, 0.5) is 0 Å². The molecule has 0 radical (unpaired) electrons. The molecule has 0 unspecified atom stereocenters. The van der Waals surface area contributed by atoms with E-state index in [1.807, 2.05) is 0 Å². The van der Waals surface area contributed by atoms with E-state index in [2.05, 4.69) is 69.2 Å². The van der Waals surface area contributed by atoms with Crippen molar-refractivity contribution in [2.45, 2.75) is 117 Å². The van der Waals surface area contributed by atoms with Crippen LogP contribution in [-0.2, 0) is 0 Å². The Morgan fingerprint density at radius 2 is 0.708 bits per heavy atom. The highest BCUT2D eigenvalue weighted by molar-refractivity contribution is 4.95. The molecule has 2 aliphatic rings. The molecule has 0 aromatic carbocycles. The number of hydrogen-bond donors (Lipinski definition) is 2. The molecular formula is C20H42N2O2. The first kappa shape index (κ1) is 21.9. The predicted molar refractivity (Wildman–Crippen MR) is 100 cm³/mol. The first-order valence-corrected chi connectivity index (χ1v) is 9.50. The molecule has 2 N–H and O–H groups in total. The predicted octanol–water partition coefficient (Wildman–Crippen LogP) is 5.33. The molecule has 0 spiro atoms. The van der Waals surface area contributed by atoms with Gasteiger partial charge < -0.3 is 10.4 Å². The largest absolute Gasteiger partial charge is 0.313 e. The van der Waals surface area contributed by atoms with Gasteiger partial charge in [0.05, 0.1) is 0 Å². The Hall–Kier alpha value is -0.160. The summed E-state index contributed by atoms with van der Waals surface area (Å²) in [5.41, 5.74) is -0.273. The number of piperidine rings is 2. The summed E-state index contributed by atoms with van der Waals surface area (Å²) >= 11 is 0. The van der Waals surface area contributed by atoms with Gasteiger partial charge in [-0.25, -0.2) is 0 Å². The maximum Gasteiger partial charge on any atom is 0.0413 e. The molecule has 0 atom stereocenters. The monoisotopic (exact) mass is 342 g/mol. The van der Waals surface area contributed by atoms with E-state index in [1.165, 1.54) is 10.1 Å². The van der Waals surface area contributed by atoms with E-state index in [1.54, 1.807) is 0 Å². The summed E-state index contributed by atoms with van der Waals surface area (Å²) in [7, 11) is 0. The molecule has 4 nitrogen and oxygen atoms in total. The Kier molecular flexibility index (Phi) is 6.26. The van der Waals surface area contributed by atoms with Crippen LogP contribution in [0.1, 0.15) is 94.9 Å². The summed E-state index contributed by atoms with van der Waals surface area (Å²) in [6.07, 6.45) is 4.31. The van der Waals surface area contributed by atoms with Gasteiger partial charge in [-0.05, 0) is 92.9 Å². The van der Waals surface area contributed by atoms with Gasteiger partial charge in [-0.15, -0.1) is 0 Å². The first-order valence-electron chi connectivity index (χ1n) is 9.50. The second kappa shape index (κ2) is 6.86. The third-order valence-corrected chi connectivity index (χ3v) is 5.69. The zero-order valence-corrected chi connectivity index (χ0v) is 17.8. The van der Waals surface area contributed by atoms with Crippen LogP contribution in [-0.4, -0.2) is 42.7 Å². The lowest BCUT2D eigenvalue weighted by Gasteiger charge is -2.50. The lowest BCUT2D eigenvalue weighted by atomic mass is 9.76. The Morgan fingerprint density at radius 3 is 0.875 bits per heavy atom. The molecule has 2 rings (SSSR count). The molecule has 2 fully saturated rings. The van der Waals surface area contributed by atoms with Crippen LogP contribution in [0.15, 0.2) is 0 Å². The molecule has 0 aromatic heterocycles. The summed E-state index contributed by atoms with van der Waals surface area (Å²) in [4.78, 5) is 0. The van der Waals surface area contributed by atoms with Gasteiger partial charge in [0.15, 0.2) is 0 Å². The SMILES string of the molecule is CC1CC(C)(C)N(O)C(C)(C)C1.CC1CC(C)(C)N(O)C(C)(C)C1. The summed E-state index contributed by atoms with van der Waals surface area (Å²) in [5.74, 6) is 1.41. The van der Waals surface area contributed by atoms with Crippen molar-refractivity contribution in [3.05, 3.63) is 0 Å². The van der Waals surface area contributed by atoms with Gasteiger partial charge in [0.2, 0.25) is 0 Å². The first-order chi connectivity index (χ1) is 10.5. The van der Waals surface area contributed by atoms with Crippen molar-refractivity contribution in [1.82, 2.24) is 10.1 Å². The van der Waals surface area contributed by atoms with Gasteiger partial charge in [-0.1, -0.05) is 13.8 Å². The average Bonchev–Trinajstić information content (AvgIpc) is 2.31. The second-order valence-electron chi connectivity index (χ2n) is 10.9. The average molecular weight is 343 g/mol. The fraction of sp³-hybridized carbons (Fsp3) is 1.00. The van der Waals surface area contributed by atoms with Crippen molar-refractivity contribution in [2.24, 2.45) is 11.8 Å². The Bertz CT molecular complexity index is 353. The van der Waals surface area contributed by atoms with Crippen LogP contribution >= 0.6 is 0 Å². The molecule has 2 aliphatic heterocycles. The lowest BCUT2D eigenvalue weighted by Crippen LogP contribution is -2.58. The Labute approximate surface area is 150 Å². The highest BCUT2D eigenvalue weighted by atomic mass is 16.5. The molecule has 0 bridgehead atoms. The van der Waals surface area contributed by atoms with Crippen LogP contribution in [0.5, 0.6) is 0 Å². The molecule has 4 heteroatoms. The highest BCUT2D eigenvalue weighted by Gasteiger charge is 2.44. The third kappa shape index (κ3) is 4.94. The molecule has 0 aromatic rings. The van der Waals surface area contributed by atoms with Gasteiger partial charge >= 0.3 is 0 Å². The Balaban J connectivity index is 0.000000240. The Morgan fingerprint density at radius 1 is 0.542 bits per heavy atom. The van der Waals surface area contributed by atoms with Crippen LogP contribution in [0.3, 0.4) is 0 Å². The molecule has 0 aliphatic carbocycles. The smallest absolute Gasteiger partial charge is 0.0413 e. The van der Waals surface area contributed by atoms with E-state index in [9.17, 15) is 10.4 Å². The fourth-order valence-electron chi connectivity index (χ4n) is 5.54. The van der Waals surface area contributed by atoms with E-state index in [4.69, 9.17) is 0 Å². The summed E-state index contributed by atoms with van der Waals surface area (Å²) in [5, 5.41) is 22.9. The van der Waals surface area contributed by atoms with E-state index in [-0.39, 0.29) is 22.2 Å². The van der Waals surface area contributed by atoms with Crippen LogP contribution < -0.4 is 0 Å². The molecular weight excluding hydrogens is 300 g/mol. The quantitative estimate of drug-likeness (QED) is 0.624. The van der Waals surface area contributed by atoms with Gasteiger partial charge in [-0.3, -0.25) is 0 Å². The maximum atomic E-state index is 9.92. The maximum absolute atomic E-state index is 9.92. The number of hydrogen-bond acceptors (Lipinski definition) is 4. The third-order valence-electron chi connectivity index (χ3n) is 5.69. The van der Waals surface area contributed by atoms with Crippen LogP contribution in [0.2, 0.25) is 0 Å². The standard InChI is InChI=1S/2C10H21NO/c2*1-8-6-9(2,3)11(12)10(4,5)7-8/h2*8,12H,6-7H2,1-5H3. The molecule has 0 saturated carbocycles. The van der Waals surface area contributed by atoms with Gasteiger partial charge in [0.1, 0.15) is 0 Å². The van der Waals surface area contributed by atoms with E-state index in [0.29, 0.717) is 11.8 Å². The fourth-order valence-corrected chi connectivity index (χ4v) is 5.54. The molecule has 2 saturated heterocycles. The van der Waals surface area contributed by atoms with E-state index >= 15 is 0 Å². The van der Waals surface area contributed by atoms with Gasteiger partial charge in [0, 0.05) is 22.2 Å². The van der Waals surface area contributed by atoms with Crippen molar-refractivity contribution in [2.75, 3.05) is 0 Å². The summed E-state index contributed by atoms with van der Waals surface area (Å²) in [6.45, 7) is 21.3. The molecule has 24 heavy (non-hydrogen) atoms. The topological polar surface area (TPSA) is 46.9 Å². The minimum absolute atomic E-state index is 0.0683. The number of rotatable bonds is 0. The summed E-state index contributed by atoms with van der Waals surface area (Å²) in [6, 6.07) is 0. The lowest BCUT2D eigenvalue weighted by molar-refractivity contribution is -0.249. The van der Waals surface area contributed by atoms with Crippen LogP contribution in [0, 0.1) is 11.8 Å². The van der Waals surface area contributed by atoms with Crippen molar-refractivity contribution in [1.29, 1.82) is 0 Å². The molecule has 2 heterocycles. The zero-order valence-electron chi connectivity index (χ0n) is 17.8. The zero-order chi connectivity index (χ0) is 19.1. The van der Waals surface area contributed by atoms with Gasteiger partial charge in [-0.2, -0.15) is 10.1 Å². The van der Waals surface area contributed by atoms with E-state index < -0.39 is 0 Å². The number of nitrogens with zero attached hydrogens (tertiary/aromatic N) is 2. The molecule has 144 valence electrons. The van der Waals surface area contributed by atoms with Crippen molar-refractivity contribution < 1.29 is 10.4 Å². The highest BCUT2D eigenvalue weighted by Crippen LogP contribution is 2.40. The van der Waals surface area contributed by atoms with Gasteiger partial charge in [0.25, 0.3) is 0 Å². The normalized spacial score (nSPS) is 30.5.